The summed E-state index contributed by atoms with van der Waals surface area (Å²) in [5, 5.41) is 0. The van der Waals surface area contributed by atoms with E-state index in [-0.39, 0.29) is 5.92 Å². The smallest absolute Gasteiger partial charge is 0.225 e. The van der Waals surface area contributed by atoms with Gasteiger partial charge < -0.3 is 9.80 Å². The van der Waals surface area contributed by atoms with Gasteiger partial charge in [0.05, 0.1) is 0 Å². The van der Waals surface area contributed by atoms with E-state index in [4.69, 9.17) is 9.97 Å². The Labute approximate surface area is 162 Å². The number of likely N-dealkylation sites (tertiary alicyclic amines) is 1. The van der Waals surface area contributed by atoms with Crippen molar-refractivity contribution >= 4 is 11.7 Å². The van der Waals surface area contributed by atoms with Crippen LogP contribution in [0.2, 0.25) is 0 Å². The first-order chi connectivity index (χ1) is 13.0. The summed E-state index contributed by atoms with van der Waals surface area (Å²) < 4.78 is 0. The highest BCUT2D eigenvalue weighted by Crippen LogP contribution is 2.32. The third kappa shape index (κ3) is 4.02. The van der Waals surface area contributed by atoms with Crippen molar-refractivity contribution in [2.75, 3.05) is 32.1 Å². The van der Waals surface area contributed by atoms with Crippen LogP contribution in [0.1, 0.15) is 51.0 Å². The van der Waals surface area contributed by atoms with E-state index in [2.05, 4.69) is 28.8 Å². The number of nitrogens with zero attached hydrogens (tertiary/aromatic N) is 5. The number of anilines is 1. The number of Topliss-reactive ketones (excluding diaryl/α,β-unsaturated/α-hetero) is 1. The SMILES string of the molecule is CC(=O)[C@H]1CC[C@@H](N(C)Cc2cnc(N3C4CCC3CN(C)C4)nc2)CC1. The fourth-order valence-corrected chi connectivity index (χ4v) is 5.34. The van der Waals surface area contributed by atoms with E-state index in [0.717, 1.165) is 51.3 Å². The Morgan fingerprint density at radius 3 is 2.22 bits per heavy atom. The fraction of sp³-hybridized carbons (Fsp3) is 0.762. The summed E-state index contributed by atoms with van der Waals surface area (Å²) in [7, 11) is 4.40. The molecule has 0 N–H and O–H groups in total. The van der Waals surface area contributed by atoms with Crippen molar-refractivity contribution < 1.29 is 4.79 Å². The summed E-state index contributed by atoms with van der Waals surface area (Å²) in [5.74, 6) is 1.55. The second-order valence-corrected chi connectivity index (χ2v) is 8.94. The molecular formula is C21H33N5O. The minimum Gasteiger partial charge on any atom is -0.332 e. The van der Waals surface area contributed by atoms with Gasteiger partial charge in [-0.3, -0.25) is 9.69 Å². The van der Waals surface area contributed by atoms with E-state index < -0.39 is 0 Å². The van der Waals surface area contributed by atoms with Crippen LogP contribution >= 0.6 is 0 Å². The second kappa shape index (κ2) is 7.84. The van der Waals surface area contributed by atoms with Gasteiger partial charge in [-0.2, -0.15) is 0 Å². The van der Waals surface area contributed by atoms with Crippen LogP contribution in [0.3, 0.4) is 0 Å². The highest BCUT2D eigenvalue weighted by atomic mass is 16.1. The summed E-state index contributed by atoms with van der Waals surface area (Å²) in [6, 6.07) is 1.70. The predicted molar refractivity (Wildman–Crippen MR) is 107 cm³/mol. The summed E-state index contributed by atoms with van der Waals surface area (Å²) in [6.45, 7) is 4.85. The van der Waals surface area contributed by atoms with Crippen molar-refractivity contribution in [3.63, 3.8) is 0 Å². The number of likely N-dealkylation sites (N-methyl/N-ethyl adjacent to an activating group) is 1. The Morgan fingerprint density at radius 2 is 1.67 bits per heavy atom. The first kappa shape index (κ1) is 18.8. The summed E-state index contributed by atoms with van der Waals surface area (Å²) in [4.78, 5) is 28.3. The van der Waals surface area contributed by atoms with Crippen LogP contribution in [-0.4, -0.2) is 70.9 Å². The minimum absolute atomic E-state index is 0.288. The maximum atomic E-state index is 11.6. The maximum absolute atomic E-state index is 11.6. The Kier molecular flexibility index (Phi) is 5.46. The highest BCUT2D eigenvalue weighted by Gasteiger charge is 2.40. The predicted octanol–water partition coefficient (Wildman–Crippen LogP) is 2.34. The minimum atomic E-state index is 0.288. The molecule has 27 heavy (non-hydrogen) atoms. The Bertz CT molecular complexity index is 641. The van der Waals surface area contributed by atoms with Gasteiger partial charge in [0.25, 0.3) is 0 Å². The maximum Gasteiger partial charge on any atom is 0.225 e. The van der Waals surface area contributed by atoms with E-state index in [1.54, 1.807) is 6.92 Å². The van der Waals surface area contributed by atoms with Crippen LogP contribution in [-0.2, 0) is 11.3 Å². The van der Waals surface area contributed by atoms with Gasteiger partial charge in [0.1, 0.15) is 5.78 Å². The third-order valence-corrected chi connectivity index (χ3v) is 6.91. The summed E-state index contributed by atoms with van der Waals surface area (Å²) in [6.07, 6.45) is 10.8. The number of carbonyl (C=O) groups is 1. The summed E-state index contributed by atoms with van der Waals surface area (Å²) >= 11 is 0. The number of aromatic nitrogens is 2. The second-order valence-electron chi connectivity index (χ2n) is 8.94. The average molecular weight is 372 g/mol. The first-order valence-electron chi connectivity index (χ1n) is 10.5. The lowest BCUT2D eigenvalue weighted by Gasteiger charge is -2.39. The van der Waals surface area contributed by atoms with E-state index in [1.165, 1.54) is 18.4 Å². The molecule has 0 aromatic carbocycles. The van der Waals surface area contributed by atoms with E-state index >= 15 is 0 Å². The standard InChI is InChI=1S/C21H33N5O/c1-15(27)17-4-6-18(7-5-17)25(3)12-16-10-22-21(23-11-16)26-19-8-9-20(26)14-24(2)13-19/h10-11,17-20H,4-9,12-14H2,1-3H3/t17-,18+,19?,20?. The van der Waals surface area contributed by atoms with Crippen LogP contribution in [0.4, 0.5) is 5.95 Å². The van der Waals surface area contributed by atoms with Gasteiger partial charge in [-0.15, -0.1) is 0 Å². The zero-order valence-electron chi connectivity index (χ0n) is 17.0. The quantitative estimate of drug-likeness (QED) is 0.792. The number of piperazine rings is 1. The van der Waals surface area contributed by atoms with Crippen LogP contribution in [0.15, 0.2) is 12.4 Å². The van der Waals surface area contributed by atoms with Gasteiger partial charge in [0.2, 0.25) is 5.95 Å². The molecule has 0 spiro atoms. The zero-order valence-corrected chi connectivity index (χ0v) is 17.0. The monoisotopic (exact) mass is 371 g/mol. The topological polar surface area (TPSA) is 52.6 Å². The zero-order chi connectivity index (χ0) is 19.0. The molecule has 1 aromatic heterocycles. The molecule has 1 aliphatic carbocycles. The molecule has 0 radical (unpaired) electrons. The highest BCUT2D eigenvalue weighted by molar-refractivity contribution is 5.78. The molecule has 2 atom stereocenters. The van der Waals surface area contributed by atoms with Crippen LogP contribution in [0.5, 0.6) is 0 Å². The fourth-order valence-electron chi connectivity index (χ4n) is 5.34. The Balaban J connectivity index is 1.34. The van der Waals surface area contributed by atoms with E-state index in [1.807, 2.05) is 12.4 Å². The molecular weight excluding hydrogens is 338 g/mol. The van der Waals surface area contributed by atoms with Gasteiger partial charge in [-0.05, 0) is 59.5 Å². The van der Waals surface area contributed by atoms with Crippen LogP contribution in [0.25, 0.3) is 0 Å². The molecule has 6 heteroatoms. The molecule has 4 rings (SSSR count). The molecule has 3 fully saturated rings. The van der Waals surface area contributed by atoms with Gasteiger partial charge in [0, 0.05) is 61.6 Å². The number of ketones is 1. The largest absolute Gasteiger partial charge is 0.332 e. The van der Waals surface area contributed by atoms with E-state index in [0.29, 0.717) is 23.9 Å². The lowest BCUT2D eigenvalue weighted by Crippen LogP contribution is -2.53. The Morgan fingerprint density at radius 1 is 1.07 bits per heavy atom. The van der Waals surface area contributed by atoms with Crippen LogP contribution < -0.4 is 4.90 Å². The van der Waals surface area contributed by atoms with Crippen molar-refractivity contribution in [3.05, 3.63) is 18.0 Å². The lowest BCUT2D eigenvalue weighted by molar-refractivity contribution is -0.122. The molecule has 2 saturated heterocycles. The number of hydrogen-bond acceptors (Lipinski definition) is 6. The number of rotatable bonds is 5. The molecule has 2 unspecified atom stereocenters. The molecule has 3 aliphatic rings. The van der Waals surface area contributed by atoms with Crippen molar-refractivity contribution in [3.8, 4) is 0 Å². The first-order valence-corrected chi connectivity index (χ1v) is 10.5. The molecule has 3 heterocycles. The van der Waals surface area contributed by atoms with Crippen LogP contribution in [0, 0.1) is 5.92 Å². The Hall–Kier alpha value is -1.53. The van der Waals surface area contributed by atoms with Gasteiger partial charge >= 0.3 is 0 Å². The van der Waals surface area contributed by atoms with Gasteiger partial charge in [-0.1, -0.05) is 0 Å². The molecule has 1 aromatic rings. The number of carbonyl (C=O) groups excluding carboxylic acids is 1. The molecule has 1 saturated carbocycles. The summed E-state index contributed by atoms with van der Waals surface area (Å²) in [5.41, 5.74) is 1.18. The average Bonchev–Trinajstić information content (AvgIpc) is 2.93. The molecule has 148 valence electrons. The number of hydrogen-bond donors (Lipinski definition) is 0. The third-order valence-electron chi connectivity index (χ3n) is 6.91. The molecule has 0 amide bonds. The van der Waals surface area contributed by atoms with Gasteiger partial charge in [0.15, 0.2) is 0 Å². The van der Waals surface area contributed by atoms with Crippen molar-refractivity contribution in [2.45, 2.75) is 70.1 Å². The van der Waals surface area contributed by atoms with E-state index in [9.17, 15) is 4.79 Å². The van der Waals surface area contributed by atoms with Crippen molar-refractivity contribution in [1.29, 1.82) is 0 Å². The van der Waals surface area contributed by atoms with Crippen molar-refractivity contribution in [2.24, 2.45) is 5.92 Å². The number of fused-ring (bicyclic) bond motifs is 2. The normalized spacial score (nSPS) is 31.5. The van der Waals surface area contributed by atoms with Gasteiger partial charge in [-0.25, -0.2) is 9.97 Å². The lowest BCUT2D eigenvalue weighted by atomic mass is 9.83. The molecule has 2 bridgehead atoms. The van der Waals surface area contributed by atoms with Crippen molar-refractivity contribution in [1.82, 2.24) is 19.8 Å². The molecule has 6 nitrogen and oxygen atoms in total. The molecule has 2 aliphatic heterocycles.